The number of aliphatic hydroxyl groups is 4. The van der Waals surface area contributed by atoms with Gasteiger partial charge in [0.2, 0.25) is 0 Å². The van der Waals surface area contributed by atoms with E-state index in [-0.39, 0.29) is 23.0 Å². The van der Waals surface area contributed by atoms with Crippen molar-refractivity contribution in [1.29, 1.82) is 0 Å². The molecule has 0 radical (unpaired) electrons. The molecule has 1 fully saturated rings. The average molecular weight is 532 g/mol. The number of aromatic hydroxyl groups is 2. The van der Waals surface area contributed by atoms with Gasteiger partial charge in [-0.25, -0.2) is 9.59 Å². The van der Waals surface area contributed by atoms with Crippen molar-refractivity contribution in [1.82, 2.24) is 0 Å². The highest BCUT2D eigenvalue weighted by Crippen LogP contribution is 2.29. The summed E-state index contributed by atoms with van der Waals surface area (Å²) in [5.41, 5.74) is 0.908. The normalized spacial score (nSPS) is 25.3. The zero-order valence-electron chi connectivity index (χ0n) is 20.4. The maximum absolute atomic E-state index is 12.5. The van der Waals surface area contributed by atoms with E-state index >= 15 is 0 Å². The first-order valence-corrected chi connectivity index (χ1v) is 11.3. The molecule has 204 valence electrons. The number of carbonyl (C=O) groups is 2. The summed E-state index contributed by atoms with van der Waals surface area (Å²) in [6.07, 6.45) is -6.49. The van der Waals surface area contributed by atoms with E-state index in [4.69, 9.17) is 18.9 Å². The average Bonchev–Trinajstić information content (AvgIpc) is 2.91. The maximum atomic E-state index is 12.5. The quantitative estimate of drug-likeness (QED) is 0.199. The fourth-order valence-corrected chi connectivity index (χ4v) is 3.73. The molecule has 12 nitrogen and oxygen atoms in total. The van der Waals surface area contributed by atoms with Gasteiger partial charge in [0.15, 0.2) is 35.2 Å². The smallest absolute Gasteiger partial charge is 0.331 e. The molecule has 0 bridgehead atoms. The second-order valence-corrected chi connectivity index (χ2v) is 8.29. The van der Waals surface area contributed by atoms with Crippen LogP contribution in [0.4, 0.5) is 0 Å². The van der Waals surface area contributed by atoms with Crippen molar-refractivity contribution in [2.24, 2.45) is 0 Å². The number of methoxy groups -OCH3 is 2. The zero-order valence-corrected chi connectivity index (χ0v) is 20.4. The number of carbonyl (C=O) groups excluding carboxylic acids is 2. The number of hydrogen-bond donors (Lipinski definition) is 6. The van der Waals surface area contributed by atoms with Crippen LogP contribution in [-0.4, -0.2) is 93.4 Å². The molecule has 0 spiro atoms. The number of ether oxygens (including phenoxy) is 4. The third kappa shape index (κ3) is 6.61. The number of hydrogen-bond acceptors (Lipinski definition) is 12. The van der Waals surface area contributed by atoms with Crippen molar-refractivity contribution < 1.29 is 59.2 Å². The SMILES string of the molecule is COc1cc(C=CC(=O)O[C@H]2[C@H](O)[C@@H](O)[C@H](O)[C@H](O)[C@@H]2OC(=O)C=Cc2ccc(O)c(OC)c2)ccc1O. The highest BCUT2D eigenvalue weighted by atomic mass is 16.6. The van der Waals surface area contributed by atoms with E-state index in [0.717, 1.165) is 12.2 Å². The molecule has 0 unspecified atom stereocenters. The molecule has 2 aromatic carbocycles. The summed E-state index contributed by atoms with van der Waals surface area (Å²) in [6, 6.07) is 8.56. The third-order valence-electron chi connectivity index (χ3n) is 5.78. The van der Waals surface area contributed by atoms with Gasteiger partial charge < -0.3 is 49.6 Å². The van der Waals surface area contributed by atoms with Gasteiger partial charge in [-0.3, -0.25) is 0 Å². The van der Waals surface area contributed by atoms with Crippen molar-refractivity contribution in [3.8, 4) is 23.0 Å². The lowest BCUT2D eigenvalue weighted by Crippen LogP contribution is -2.65. The molecule has 0 heterocycles. The highest BCUT2D eigenvalue weighted by Gasteiger charge is 2.52. The Morgan fingerprint density at radius 1 is 0.658 bits per heavy atom. The molecule has 1 aliphatic rings. The molecule has 12 heteroatoms. The molecule has 6 N–H and O–H groups in total. The molecule has 0 saturated heterocycles. The molecule has 3 rings (SSSR count). The number of rotatable bonds is 8. The summed E-state index contributed by atoms with van der Waals surface area (Å²) in [6.45, 7) is 0. The predicted molar refractivity (Wildman–Crippen MR) is 131 cm³/mol. The predicted octanol–water partition coefficient (Wildman–Crippen LogP) is 0.122. The van der Waals surface area contributed by atoms with Gasteiger partial charge in [0.1, 0.15) is 24.4 Å². The van der Waals surface area contributed by atoms with Gasteiger partial charge in [-0.15, -0.1) is 0 Å². The van der Waals surface area contributed by atoms with Crippen molar-refractivity contribution in [2.45, 2.75) is 36.6 Å². The molecule has 38 heavy (non-hydrogen) atoms. The number of phenols is 2. The zero-order chi connectivity index (χ0) is 28.0. The summed E-state index contributed by atoms with van der Waals surface area (Å²) in [5, 5.41) is 60.3. The minimum absolute atomic E-state index is 0.109. The maximum Gasteiger partial charge on any atom is 0.331 e. The first kappa shape index (κ1) is 28.5. The molecular weight excluding hydrogens is 504 g/mol. The van der Waals surface area contributed by atoms with E-state index in [0.29, 0.717) is 11.1 Å². The Balaban J connectivity index is 1.75. The van der Waals surface area contributed by atoms with Crippen molar-refractivity contribution >= 4 is 24.1 Å². The van der Waals surface area contributed by atoms with E-state index in [1.165, 1.54) is 62.8 Å². The van der Waals surface area contributed by atoms with Crippen LogP contribution in [0.2, 0.25) is 0 Å². The van der Waals surface area contributed by atoms with Crippen LogP contribution in [0.5, 0.6) is 23.0 Å². The van der Waals surface area contributed by atoms with E-state index in [1.807, 2.05) is 0 Å². The van der Waals surface area contributed by atoms with Crippen LogP contribution < -0.4 is 9.47 Å². The molecule has 1 aliphatic carbocycles. The Hall–Kier alpha value is -4.10. The molecule has 0 amide bonds. The third-order valence-corrected chi connectivity index (χ3v) is 5.78. The highest BCUT2D eigenvalue weighted by molar-refractivity contribution is 5.88. The van der Waals surface area contributed by atoms with Gasteiger partial charge in [-0.2, -0.15) is 0 Å². The number of aliphatic hydroxyl groups excluding tert-OH is 4. The number of benzene rings is 2. The van der Waals surface area contributed by atoms with Crippen LogP contribution in [-0.2, 0) is 19.1 Å². The van der Waals surface area contributed by atoms with Gasteiger partial charge in [0.25, 0.3) is 0 Å². The molecule has 2 aromatic rings. The van der Waals surface area contributed by atoms with Gasteiger partial charge >= 0.3 is 11.9 Å². The molecule has 0 aromatic heterocycles. The Labute approximate surface area is 217 Å². The topological polar surface area (TPSA) is 192 Å². The summed E-state index contributed by atoms with van der Waals surface area (Å²) < 4.78 is 20.4. The van der Waals surface area contributed by atoms with Gasteiger partial charge in [0.05, 0.1) is 14.2 Å². The summed E-state index contributed by atoms with van der Waals surface area (Å²) in [4.78, 5) is 24.9. The first-order chi connectivity index (χ1) is 18.0. The van der Waals surface area contributed by atoms with Crippen LogP contribution in [0.3, 0.4) is 0 Å². The van der Waals surface area contributed by atoms with E-state index in [9.17, 15) is 40.2 Å². The second kappa shape index (κ2) is 12.4. The van der Waals surface area contributed by atoms with E-state index < -0.39 is 48.6 Å². The standard InChI is InChI=1S/C26H28O12/c1-35-17-11-13(3-7-15(17)27)5-9-19(29)37-25-23(33)21(31)22(32)24(34)26(25)38-20(30)10-6-14-4-8-16(28)18(12-14)36-2/h3-12,21-28,31-34H,1-2H3/t21-,22-,23-,24+,25-,26-/m0/s1. The van der Waals surface area contributed by atoms with Crippen LogP contribution in [0.15, 0.2) is 48.6 Å². The lowest BCUT2D eigenvalue weighted by atomic mass is 9.84. The fourth-order valence-electron chi connectivity index (χ4n) is 3.73. The summed E-state index contributed by atoms with van der Waals surface area (Å²) in [7, 11) is 2.70. The van der Waals surface area contributed by atoms with Crippen molar-refractivity contribution in [2.75, 3.05) is 14.2 Å². The van der Waals surface area contributed by atoms with Gasteiger partial charge in [-0.05, 0) is 47.5 Å². The van der Waals surface area contributed by atoms with Crippen LogP contribution >= 0.6 is 0 Å². The van der Waals surface area contributed by atoms with E-state index in [2.05, 4.69) is 0 Å². The molecule has 1 saturated carbocycles. The Morgan fingerprint density at radius 2 is 1.03 bits per heavy atom. The van der Waals surface area contributed by atoms with Crippen LogP contribution in [0.1, 0.15) is 11.1 Å². The van der Waals surface area contributed by atoms with E-state index in [1.54, 1.807) is 0 Å². The van der Waals surface area contributed by atoms with Gasteiger partial charge in [0, 0.05) is 12.2 Å². The lowest BCUT2D eigenvalue weighted by molar-refractivity contribution is -0.238. The minimum atomic E-state index is -1.90. The molecule has 6 atom stereocenters. The first-order valence-electron chi connectivity index (χ1n) is 11.3. The van der Waals surface area contributed by atoms with Crippen molar-refractivity contribution in [3.05, 3.63) is 59.7 Å². The molecular formula is C26H28O12. The number of esters is 2. The monoisotopic (exact) mass is 532 g/mol. The minimum Gasteiger partial charge on any atom is -0.504 e. The largest absolute Gasteiger partial charge is 0.504 e. The van der Waals surface area contributed by atoms with Gasteiger partial charge in [-0.1, -0.05) is 12.1 Å². The Morgan fingerprint density at radius 3 is 1.37 bits per heavy atom. The van der Waals surface area contributed by atoms with Crippen LogP contribution in [0.25, 0.3) is 12.2 Å². The summed E-state index contributed by atoms with van der Waals surface area (Å²) >= 11 is 0. The lowest BCUT2D eigenvalue weighted by Gasteiger charge is -2.42. The fraction of sp³-hybridized carbons (Fsp3) is 0.308. The Kier molecular flexibility index (Phi) is 9.31. The second-order valence-electron chi connectivity index (χ2n) is 8.29. The summed E-state index contributed by atoms with van der Waals surface area (Å²) in [5.74, 6) is -1.94. The Bertz CT molecular complexity index is 1110. The molecule has 0 aliphatic heterocycles. The van der Waals surface area contributed by atoms with Crippen LogP contribution in [0, 0.1) is 0 Å². The number of phenolic OH excluding ortho intramolecular Hbond substituents is 2. The van der Waals surface area contributed by atoms with Crippen molar-refractivity contribution in [3.63, 3.8) is 0 Å².